The van der Waals surface area contributed by atoms with Crippen molar-refractivity contribution in [1.82, 2.24) is 25.1 Å². The number of carbonyl (C=O) groups is 1. The smallest absolute Gasteiger partial charge is 0.233 e. The third-order valence-electron chi connectivity index (χ3n) is 4.50. The van der Waals surface area contributed by atoms with Crippen molar-refractivity contribution >= 4 is 17.7 Å². The fourth-order valence-electron chi connectivity index (χ4n) is 3.04. The van der Waals surface area contributed by atoms with E-state index in [1.807, 2.05) is 4.68 Å². The van der Waals surface area contributed by atoms with E-state index in [-0.39, 0.29) is 24.0 Å². The molecule has 0 saturated heterocycles. The molecule has 1 aromatic carbocycles. The van der Waals surface area contributed by atoms with Gasteiger partial charge in [0.1, 0.15) is 5.82 Å². The van der Waals surface area contributed by atoms with Gasteiger partial charge in [-0.3, -0.25) is 4.79 Å². The molecule has 0 radical (unpaired) electrons. The van der Waals surface area contributed by atoms with Crippen molar-refractivity contribution < 1.29 is 9.18 Å². The first kappa shape index (κ1) is 17.8. The van der Waals surface area contributed by atoms with Gasteiger partial charge in [-0.15, -0.1) is 5.10 Å². The van der Waals surface area contributed by atoms with E-state index in [4.69, 9.17) is 0 Å². The third kappa shape index (κ3) is 4.56. The number of hydrogen-bond acceptors (Lipinski definition) is 5. The second kappa shape index (κ2) is 8.42. The van der Waals surface area contributed by atoms with Crippen molar-refractivity contribution in [1.29, 1.82) is 0 Å². The number of tetrazole rings is 1. The normalized spacial score (nSPS) is 15.3. The van der Waals surface area contributed by atoms with Gasteiger partial charge in [0, 0.05) is 19.2 Å². The van der Waals surface area contributed by atoms with Crippen molar-refractivity contribution in [3.05, 3.63) is 35.6 Å². The van der Waals surface area contributed by atoms with Gasteiger partial charge in [0.15, 0.2) is 0 Å². The number of halogens is 1. The number of thioether (sulfide) groups is 1. The molecule has 134 valence electrons. The molecule has 0 bridgehead atoms. The summed E-state index contributed by atoms with van der Waals surface area (Å²) in [4.78, 5) is 13.9. The Hall–Kier alpha value is -1.96. The first-order valence-corrected chi connectivity index (χ1v) is 9.51. The second-order valence-corrected chi connectivity index (χ2v) is 7.27. The lowest BCUT2D eigenvalue weighted by Crippen LogP contribution is -2.28. The molecule has 1 aromatic heterocycles. The largest absolute Gasteiger partial charge is 0.341 e. The Balaban J connectivity index is 1.55. The summed E-state index contributed by atoms with van der Waals surface area (Å²) in [5.74, 6) is -0.139. The van der Waals surface area contributed by atoms with Crippen LogP contribution in [0.2, 0.25) is 0 Å². The Bertz CT molecular complexity index is 717. The van der Waals surface area contributed by atoms with E-state index in [0.29, 0.717) is 16.8 Å². The van der Waals surface area contributed by atoms with Crippen LogP contribution in [0.15, 0.2) is 29.4 Å². The van der Waals surface area contributed by atoms with Gasteiger partial charge in [-0.25, -0.2) is 9.07 Å². The van der Waals surface area contributed by atoms with Gasteiger partial charge < -0.3 is 4.90 Å². The average Bonchev–Trinajstić information content (AvgIpc) is 3.11. The predicted molar refractivity (Wildman–Crippen MR) is 93.5 cm³/mol. The minimum atomic E-state index is -0.295. The molecule has 3 rings (SSSR count). The van der Waals surface area contributed by atoms with Crippen LogP contribution in [0.3, 0.4) is 0 Å². The second-order valence-electron chi connectivity index (χ2n) is 6.33. The van der Waals surface area contributed by atoms with Crippen molar-refractivity contribution in [3.63, 3.8) is 0 Å². The molecule has 0 aliphatic heterocycles. The van der Waals surface area contributed by atoms with Crippen molar-refractivity contribution in [2.45, 2.75) is 49.8 Å². The molecule has 25 heavy (non-hydrogen) atoms. The minimum Gasteiger partial charge on any atom is -0.341 e. The van der Waals surface area contributed by atoms with Gasteiger partial charge in [0.2, 0.25) is 11.1 Å². The maximum atomic E-state index is 13.7. The lowest BCUT2D eigenvalue weighted by molar-refractivity contribution is -0.127. The molecule has 1 heterocycles. The number of rotatable bonds is 6. The van der Waals surface area contributed by atoms with E-state index in [0.717, 1.165) is 12.8 Å². The lowest BCUT2D eigenvalue weighted by Gasteiger charge is -2.22. The molecule has 0 spiro atoms. The number of hydrogen-bond donors (Lipinski definition) is 0. The number of nitrogens with zero attached hydrogens (tertiary/aromatic N) is 5. The van der Waals surface area contributed by atoms with Crippen LogP contribution in [0.25, 0.3) is 0 Å². The van der Waals surface area contributed by atoms with Crippen LogP contribution in [0.1, 0.15) is 43.7 Å². The molecule has 0 atom stereocenters. The molecule has 1 aliphatic carbocycles. The zero-order chi connectivity index (χ0) is 17.6. The summed E-state index contributed by atoms with van der Waals surface area (Å²) in [6.45, 7) is 0.250. The number of aromatic nitrogens is 4. The van der Waals surface area contributed by atoms with Crippen molar-refractivity contribution in [2.24, 2.45) is 0 Å². The molecule has 1 aliphatic rings. The predicted octanol–water partition coefficient (Wildman–Crippen LogP) is 3.07. The zero-order valence-corrected chi connectivity index (χ0v) is 15.1. The highest BCUT2D eigenvalue weighted by Gasteiger charge is 2.21. The Morgan fingerprint density at radius 1 is 1.32 bits per heavy atom. The van der Waals surface area contributed by atoms with E-state index >= 15 is 0 Å². The quantitative estimate of drug-likeness (QED) is 0.738. The third-order valence-corrected chi connectivity index (χ3v) is 5.42. The highest BCUT2D eigenvalue weighted by atomic mass is 32.2. The van der Waals surface area contributed by atoms with Crippen LogP contribution in [-0.2, 0) is 11.3 Å². The Labute approximate surface area is 150 Å². The Kier molecular flexibility index (Phi) is 6.01. The SMILES string of the molecule is CN(Cc1ccccc1F)C(=O)CSc1nnnn1C1CCCCC1. The first-order chi connectivity index (χ1) is 12.1. The van der Waals surface area contributed by atoms with Gasteiger partial charge in [-0.05, 0) is 29.3 Å². The van der Waals surface area contributed by atoms with Gasteiger partial charge in [-0.1, -0.05) is 49.2 Å². The fraction of sp³-hybridized carbons (Fsp3) is 0.529. The summed E-state index contributed by atoms with van der Waals surface area (Å²) in [6.07, 6.45) is 5.82. The molecule has 1 saturated carbocycles. The van der Waals surface area contributed by atoms with E-state index in [2.05, 4.69) is 15.5 Å². The number of amides is 1. The molecule has 1 amide bonds. The summed E-state index contributed by atoms with van der Waals surface area (Å²) in [7, 11) is 1.68. The number of carbonyl (C=O) groups excluding carboxylic acids is 1. The molecule has 1 fully saturated rings. The topological polar surface area (TPSA) is 63.9 Å². The van der Waals surface area contributed by atoms with E-state index < -0.39 is 0 Å². The van der Waals surface area contributed by atoms with Crippen LogP contribution >= 0.6 is 11.8 Å². The van der Waals surface area contributed by atoms with Gasteiger partial charge >= 0.3 is 0 Å². The molecular weight excluding hydrogens is 341 g/mol. The standard InChI is InChI=1S/C17H22FN5OS/c1-22(11-13-7-5-6-10-15(13)18)16(24)12-25-17-19-20-21-23(17)14-8-3-2-4-9-14/h5-7,10,14H,2-4,8-9,11-12H2,1H3. The number of benzene rings is 1. The Morgan fingerprint density at radius 3 is 2.84 bits per heavy atom. The van der Waals surface area contributed by atoms with Crippen LogP contribution in [-0.4, -0.2) is 43.8 Å². The first-order valence-electron chi connectivity index (χ1n) is 8.53. The van der Waals surface area contributed by atoms with E-state index in [1.54, 1.807) is 25.2 Å². The van der Waals surface area contributed by atoms with Gasteiger partial charge in [-0.2, -0.15) is 0 Å². The molecule has 2 aromatic rings. The van der Waals surface area contributed by atoms with E-state index in [9.17, 15) is 9.18 Å². The zero-order valence-electron chi connectivity index (χ0n) is 14.3. The van der Waals surface area contributed by atoms with Crippen LogP contribution in [0, 0.1) is 5.82 Å². The maximum Gasteiger partial charge on any atom is 0.233 e. The highest BCUT2D eigenvalue weighted by Crippen LogP contribution is 2.30. The van der Waals surface area contributed by atoms with Crippen molar-refractivity contribution in [2.75, 3.05) is 12.8 Å². The average molecular weight is 363 g/mol. The van der Waals surface area contributed by atoms with Gasteiger partial charge in [0.25, 0.3) is 0 Å². The molecule has 6 nitrogen and oxygen atoms in total. The van der Waals surface area contributed by atoms with Crippen LogP contribution in [0.4, 0.5) is 4.39 Å². The van der Waals surface area contributed by atoms with Crippen LogP contribution < -0.4 is 0 Å². The molecule has 8 heteroatoms. The summed E-state index contributed by atoms with van der Waals surface area (Å²) in [6, 6.07) is 6.83. The maximum absolute atomic E-state index is 13.7. The monoisotopic (exact) mass is 363 g/mol. The molecular formula is C17H22FN5OS. The fourth-order valence-corrected chi connectivity index (χ4v) is 3.93. The van der Waals surface area contributed by atoms with Gasteiger partial charge in [0.05, 0.1) is 11.8 Å². The lowest BCUT2D eigenvalue weighted by atomic mass is 9.96. The van der Waals surface area contributed by atoms with Crippen molar-refractivity contribution in [3.8, 4) is 0 Å². The minimum absolute atomic E-state index is 0.0774. The molecule has 0 unspecified atom stereocenters. The Morgan fingerprint density at radius 2 is 2.08 bits per heavy atom. The van der Waals surface area contributed by atoms with Crippen LogP contribution in [0.5, 0.6) is 0 Å². The highest BCUT2D eigenvalue weighted by molar-refractivity contribution is 7.99. The summed E-state index contributed by atoms with van der Waals surface area (Å²) in [5.41, 5.74) is 0.510. The molecule has 0 N–H and O–H groups in total. The summed E-state index contributed by atoms with van der Waals surface area (Å²) in [5, 5.41) is 12.6. The summed E-state index contributed by atoms with van der Waals surface area (Å²) >= 11 is 1.34. The van der Waals surface area contributed by atoms with E-state index in [1.165, 1.54) is 42.0 Å². The summed E-state index contributed by atoms with van der Waals surface area (Å²) < 4.78 is 15.6.